The molecule has 0 saturated heterocycles. The van der Waals surface area contributed by atoms with Crippen molar-refractivity contribution < 1.29 is 4.74 Å². The molecule has 2 heteroatoms. The van der Waals surface area contributed by atoms with Gasteiger partial charge in [-0.15, -0.1) is 11.8 Å². The van der Waals surface area contributed by atoms with Crippen LogP contribution in [0.5, 0.6) is 0 Å². The summed E-state index contributed by atoms with van der Waals surface area (Å²) in [7, 11) is 0. The second-order valence-corrected chi connectivity index (χ2v) is 4.24. The van der Waals surface area contributed by atoms with Crippen molar-refractivity contribution in [2.45, 2.75) is 65.5 Å². The van der Waals surface area contributed by atoms with Gasteiger partial charge in [-0.1, -0.05) is 13.8 Å². The predicted octanol–water partition coefficient (Wildman–Crippen LogP) is 2.97. The van der Waals surface area contributed by atoms with E-state index in [-0.39, 0.29) is 5.60 Å². The lowest BCUT2D eigenvalue weighted by Gasteiger charge is -2.36. The minimum absolute atomic E-state index is 0.103. The molecule has 0 aromatic rings. The Morgan fingerprint density at radius 1 is 1.31 bits per heavy atom. The lowest BCUT2D eigenvalue weighted by Crippen LogP contribution is -2.50. The van der Waals surface area contributed by atoms with Gasteiger partial charge in [0.2, 0.25) is 0 Å². The molecule has 0 aromatic carbocycles. The average molecular weight is 225 g/mol. The Labute approximate surface area is 101 Å². The van der Waals surface area contributed by atoms with Crippen molar-refractivity contribution in [3.8, 4) is 11.8 Å². The molecule has 0 aliphatic rings. The summed E-state index contributed by atoms with van der Waals surface area (Å²) in [4.78, 5) is 0. The SMILES string of the molecule is CC#CCC(NCCC)C(C)(CC)OCC. The third-order valence-corrected chi connectivity index (χ3v) is 3.04. The highest BCUT2D eigenvalue weighted by Crippen LogP contribution is 2.22. The fourth-order valence-corrected chi connectivity index (χ4v) is 1.81. The molecule has 2 atom stereocenters. The van der Waals surface area contributed by atoms with Crippen molar-refractivity contribution in [1.82, 2.24) is 5.32 Å². The summed E-state index contributed by atoms with van der Waals surface area (Å²) in [6, 6.07) is 0.324. The normalized spacial score (nSPS) is 16.1. The van der Waals surface area contributed by atoms with Crippen LogP contribution in [0.1, 0.15) is 53.9 Å². The summed E-state index contributed by atoms with van der Waals surface area (Å²) in [5.41, 5.74) is -0.103. The highest BCUT2D eigenvalue weighted by atomic mass is 16.5. The lowest BCUT2D eigenvalue weighted by molar-refractivity contribution is -0.0538. The van der Waals surface area contributed by atoms with Crippen LogP contribution in [-0.2, 0) is 4.74 Å². The van der Waals surface area contributed by atoms with Gasteiger partial charge in [-0.25, -0.2) is 0 Å². The van der Waals surface area contributed by atoms with Crippen molar-refractivity contribution in [3.63, 3.8) is 0 Å². The summed E-state index contributed by atoms with van der Waals surface area (Å²) in [6.07, 6.45) is 3.01. The molecule has 94 valence electrons. The van der Waals surface area contributed by atoms with Gasteiger partial charge < -0.3 is 10.1 Å². The molecule has 0 aliphatic heterocycles. The van der Waals surface area contributed by atoms with E-state index >= 15 is 0 Å². The maximum Gasteiger partial charge on any atom is 0.0813 e. The van der Waals surface area contributed by atoms with Crippen LogP contribution in [0, 0.1) is 11.8 Å². The molecule has 0 fully saturated rings. The zero-order valence-corrected chi connectivity index (χ0v) is 11.5. The first-order valence-electron chi connectivity index (χ1n) is 6.41. The van der Waals surface area contributed by atoms with Crippen LogP contribution in [0.3, 0.4) is 0 Å². The second-order valence-electron chi connectivity index (χ2n) is 4.24. The summed E-state index contributed by atoms with van der Waals surface area (Å²) in [6.45, 7) is 12.3. The van der Waals surface area contributed by atoms with E-state index in [0.29, 0.717) is 6.04 Å². The standard InChI is InChI=1S/C14H27NO/c1-6-10-11-13(15-12-7-2)14(5,8-3)16-9-4/h13,15H,7-9,11-12H2,1-5H3. The van der Waals surface area contributed by atoms with Crippen LogP contribution in [0.4, 0.5) is 0 Å². The molecule has 16 heavy (non-hydrogen) atoms. The smallest absolute Gasteiger partial charge is 0.0813 e. The Morgan fingerprint density at radius 2 is 2.00 bits per heavy atom. The largest absolute Gasteiger partial charge is 0.374 e. The molecule has 2 unspecified atom stereocenters. The summed E-state index contributed by atoms with van der Waals surface area (Å²) in [5, 5.41) is 3.55. The molecule has 0 saturated carbocycles. The zero-order chi connectivity index (χ0) is 12.4. The molecular formula is C14H27NO. The van der Waals surface area contributed by atoms with Crippen molar-refractivity contribution in [3.05, 3.63) is 0 Å². The molecule has 0 radical (unpaired) electrons. The monoisotopic (exact) mass is 225 g/mol. The molecular weight excluding hydrogens is 198 g/mol. The highest BCUT2D eigenvalue weighted by molar-refractivity contribution is 5.03. The van der Waals surface area contributed by atoms with E-state index < -0.39 is 0 Å². The van der Waals surface area contributed by atoms with E-state index in [1.54, 1.807) is 0 Å². The molecule has 1 N–H and O–H groups in total. The number of rotatable bonds is 8. The van der Waals surface area contributed by atoms with Gasteiger partial charge in [0.05, 0.1) is 5.60 Å². The molecule has 0 aliphatic carbocycles. The van der Waals surface area contributed by atoms with Crippen molar-refractivity contribution in [1.29, 1.82) is 0 Å². The summed E-state index contributed by atoms with van der Waals surface area (Å²) >= 11 is 0. The Bertz CT molecular complexity index is 229. The third-order valence-electron chi connectivity index (χ3n) is 3.04. The minimum atomic E-state index is -0.103. The van der Waals surface area contributed by atoms with Gasteiger partial charge in [0.25, 0.3) is 0 Å². The molecule has 0 spiro atoms. The van der Waals surface area contributed by atoms with E-state index in [9.17, 15) is 0 Å². The van der Waals surface area contributed by atoms with Gasteiger partial charge in [0, 0.05) is 19.1 Å². The van der Waals surface area contributed by atoms with Crippen LogP contribution in [0.2, 0.25) is 0 Å². The molecule has 0 heterocycles. The zero-order valence-electron chi connectivity index (χ0n) is 11.5. The maximum atomic E-state index is 5.90. The van der Waals surface area contributed by atoms with E-state index in [0.717, 1.165) is 32.4 Å². The van der Waals surface area contributed by atoms with E-state index in [2.05, 4.69) is 44.9 Å². The first-order chi connectivity index (χ1) is 7.64. The van der Waals surface area contributed by atoms with E-state index in [1.807, 2.05) is 6.92 Å². The van der Waals surface area contributed by atoms with Gasteiger partial charge in [0.1, 0.15) is 0 Å². The lowest BCUT2D eigenvalue weighted by atomic mass is 9.90. The van der Waals surface area contributed by atoms with Crippen LogP contribution >= 0.6 is 0 Å². The van der Waals surface area contributed by atoms with E-state index in [1.165, 1.54) is 0 Å². The fourth-order valence-electron chi connectivity index (χ4n) is 1.81. The van der Waals surface area contributed by atoms with Crippen LogP contribution in [0.25, 0.3) is 0 Å². The number of hydrogen-bond acceptors (Lipinski definition) is 2. The Kier molecular flexibility index (Phi) is 8.33. The first kappa shape index (κ1) is 15.5. The van der Waals surface area contributed by atoms with E-state index in [4.69, 9.17) is 4.74 Å². The second kappa shape index (κ2) is 8.61. The van der Waals surface area contributed by atoms with Crippen molar-refractivity contribution >= 4 is 0 Å². The molecule has 0 rings (SSSR count). The van der Waals surface area contributed by atoms with Gasteiger partial charge in [-0.3, -0.25) is 0 Å². The quantitative estimate of drug-likeness (QED) is 0.641. The molecule has 0 aromatic heterocycles. The van der Waals surface area contributed by atoms with Gasteiger partial charge >= 0.3 is 0 Å². The Morgan fingerprint density at radius 3 is 2.44 bits per heavy atom. The number of nitrogens with one attached hydrogen (secondary N) is 1. The Hall–Kier alpha value is -0.520. The topological polar surface area (TPSA) is 21.3 Å². The summed E-state index contributed by atoms with van der Waals surface area (Å²) in [5.74, 6) is 6.13. The van der Waals surface area contributed by atoms with Gasteiger partial charge in [0.15, 0.2) is 0 Å². The first-order valence-corrected chi connectivity index (χ1v) is 6.41. The maximum absolute atomic E-state index is 5.90. The van der Waals surface area contributed by atoms with Crippen LogP contribution in [-0.4, -0.2) is 24.8 Å². The van der Waals surface area contributed by atoms with Gasteiger partial charge in [-0.05, 0) is 40.2 Å². The van der Waals surface area contributed by atoms with Crippen molar-refractivity contribution in [2.75, 3.05) is 13.2 Å². The van der Waals surface area contributed by atoms with Crippen LogP contribution in [0.15, 0.2) is 0 Å². The molecule has 0 bridgehead atoms. The van der Waals surface area contributed by atoms with Gasteiger partial charge in [-0.2, -0.15) is 0 Å². The highest BCUT2D eigenvalue weighted by Gasteiger charge is 2.32. The molecule has 2 nitrogen and oxygen atoms in total. The van der Waals surface area contributed by atoms with Crippen LogP contribution < -0.4 is 5.32 Å². The third kappa shape index (κ3) is 5.01. The predicted molar refractivity (Wildman–Crippen MR) is 70.5 cm³/mol. The fraction of sp³-hybridized carbons (Fsp3) is 0.857. The summed E-state index contributed by atoms with van der Waals surface area (Å²) < 4.78 is 5.90. The average Bonchev–Trinajstić information content (AvgIpc) is 2.29. The van der Waals surface area contributed by atoms with Crippen molar-refractivity contribution in [2.24, 2.45) is 0 Å². The number of hydrogen-bond donors (Lipinski definition) is 1. The minimum Gasteiger partial charge on any atom is -0.374 e. The molecule has 0 amide bonds. The number of ether oxygens (including phenoxy) is 1. The Balaban J connectivity index is 4.57.